The van der Waals surface area contributed by atoms with Crippen molar-refractivity contribution in [3.05, 3.63) is 54.4 Å². The summed E-state index contributed by atoms with van der Waals surface area (Å²) in [5, 5.41) is 9.34. The molecule has 2 N–H and O–H groups in total. The van der Waals surface area contributed by atoms with Crippen LogP contribution < -0.4 is 15.0 Å². The van der Waals surface area contributed by atoms with Gasteiger partial charge in [0.15, 0.2) is 0 Å². The monoisotopic (exact) mass is 435 g/mol. The maximum Gasteiger partial charge on any atom is 0.573 e. The number of amides is 1. The fourth-order valence-electron chi connectivity index (χ4n) is 3.29. The molecule has 0 aliphatic carbocycles. The number of anilines is 2. The first-order valence-corrected chi connectivity index (χ1v) is 9.34. The molecule has 1 saturated heterocycles. The van der Waals surface area contributed by atoms with Crippen molar-refractivity contribution in [3.8, 4) is 17.0 Å². The third-order valence-corrected chi connectivity index (χ3v) is 4.70. The van der Waals surface area contributed by atoms with Crippen LogP contribution in [0.3, 0.4) is 0 Å². The van der Waals surface area contributed by atoms with Crippen LogP contribution in [0.2, 0.25) is 0 Å². The van der Waals surface area contributed by atoms with E-state index in [2.05, 4.69) is 25.2 Å². The molecule has 1 unspecified atom stereocenters. The molecule has 3 aromatic rings. The van der Waals surface area contributed by atoms with Crippen molar-refractivity contribution in [1.29, 1.82) is 0 Å². The van der Waals surface area contributed by atoms with Crippen molar-refractivity contribution in [1.82, 2.24) is 15.2 Å². The number of ether oxygens (including phenoxy) is 1. The van der Waals surface area contributed by atoms with Gasteiger partial charge in [0.25, 0.3) is 5.91 Å². The maximum atomic E-state index is 13.7. The molecule has 1 atom stereocenters. The summed E-state index contributed by atoms with van der Waals surface area (Å²) in [5.74, 6) is -0.362. The van der Waals surface area contributed by atoms with Crippen LogP contribution in [0.25, 0.3) is 11.3 Å². The highest BCUT2D eigenvalue weighted by Gasteiger charge is 2.31. The van der Waals surface area contributed by atoms with Gasteiger partial charge >= 0.3 is 6.36 Å². The Morgan fingerprint density at radius 2 is 2.00 bits per heavy atom. The van der Waals surface area contributed by atoms with E-state index in [1.165, 1.54) is 18.3 Å². The van der Waals surface area contributed by atoms with Gasteiger partial charge in [-0.05, 0) is 42.8 Å². The average molecular weight is 435 g/mol. The Balaban J connectivity index is 1.55. The molecule has 7 nitrogen and oxygen atoms in total. The van der Waals surface area contributed by atoms with Crippen molar-refractivity contribution >= 4 is 17.4 Å². The van der Waals surface area contributed by atoms with E-state index in [0.29, 0.717) is 30.0 Å². The first-order valence-electron chi connectivity index (χ1n) is 9.34. The van der Waals surface area contributed by atoms with E-state index in [-0.39, 0.29) is 17.8 Å². The summed E-state index contributed by atoms with van der Waals surface area (Å²) in [6.45, 7) is 0.721. The molecule has 0 bridgehead atoms. The summed E-state index contributed by atoms with van der Waals surface area (Å²) in [6, 6.07) is 8.11. The van der Waals surface area contributed by atoms with E-state index >= 15 is 0 Å². The highest BCUT2D eigenvalue weighted by atomic mass is 19.4. The van der Waals surface area contributed by atoms with Gasteiger partial charge in [-0.3, -0.25) is 9.89 Å². The summed E-state index contributed by atoms with van der Waals surface area (Å²) in [5.41, 5.74) is 1.72. The standard InChI is InChI=1S/C20H17F4N5O2/c21-13-6-8-29(11-13)18-16(17-5-7-26-28-17)9-12(10-25-18)19(30)27-14-1-3-15(4-2-14)31-20(22,23)24/h1-5,7,9-10,13H,6,8,11H2,(H,26,28)(H,27,30). The number of hydrogen-bond donors (Lipinski definition) is 2. The number of rotatable bonds is 5. The molecule has 11 heteroatoms. The van der Waals surface area contributed by atoms with Crippen LogP contribution in [0.5, 0.6) is 5.75 Å². The zero-order valence-corrected chi connectivity index (χ0v) is 16.0. The number of aromatic nitrogens is 3. The fraction of sp³-hybridized carbons (Fsp3) is 0.250. The quantitative estimate of drug-likeness (QED) is 0.588. The number of carbonyl (C=O) groups excluding carboxylic acids is 1. The van der Waals surface area contributed by atoms with E-state index in [9.17, 15) is 22.4 Å². The third-order valence-electron chi connectivity index (χ3n) is 4.70. The second-order valence-electron chi connectivity index (χ2n) is 6.92. The molecule has 0 radical (unpaired) electrons. The Bertz CT molecular complexity index is 1050. The fourth-order valence-corrected chi connectivity index (χ4v) is 3.29. The zero-order chi connectivity index (χ0) is 22.0. The number of nitrogens with one attached hydrogen (secondary N) is 2. The van der Waals surface area contributed by atoms with E-state index < -0.39 is 24.2 Å². The van der Waals surface area contributed by atoms with Crippen molar-refractivity contribution in [2.75, 3.05) is 23.3 Å². The highest BCUT2D eigenvalue weighted by molar-refractivity contribution is 6.05. The Kier molecular flexibility index (Phi) is 5.49. The lowest BCUT2D eigenvalue weighted by Crippen LogP contribution is -2.22. The topological polar surface area (TPSA) is 83.1 Å². The predicted molar refractivity (Wildman–Crippen MR) is 105 cm³/mol. The zero-order valence-electron chi connectivity index (χ0n) is 16.0. The number of halogens is 4. The van der Waals surface area contributed by atoms with Crippen molar-refractivity contribution in [2.45, 2.75) is 19.0 Å². The lowest BCUT2D eigenvalue weighted by molar-refractivity contribution is -0.274. The molecule has 1 aromatic carbocycles. The minimum absolute atomic E-state index is 0.214. The summed E-state index contributed by atoms with van der Waals surface area (Å²) in [6.07, 6.45) is -2.40. The number of H-pyrrole nitrogens is 1. The molecular formula is C20H17F4N5O2. The molecular weight excluding hydrogens is 418 g/mol. The van der Waals surface area contributed by atoms with Crippen LogP contribution in [0, 0.1) is 0 Å². The van der Waals surface area contributed by atoms with Crippen LogP contribution >= 0.6 is 0 Å². The van der Waals surface area contributed by atoms with Gasteiger partial charge in [-0.2, -0.15) is 5.10 Å². The lowest BCUT2D eigenvalue weighted by atomic mass is 10.1. The minimum Gasteiger partial charge on any atom is -0.406 e. The predicted octanol–water partition coefficient (Wildman–Crippen LogP) is 4.17. The second-order valence-corrected chi connectivity index (χ2v) is 6.92. The van der Waals surface area contributed by atoms with E-state index in [1.54, 1.807) is 18.3 Å². The highest BCUT2D eigenvalue weighted by Crippen LogP contribution is 2.31. The molecule has 4 rings (SSSR count). The van der Waals surface area contributed by atoms with Gasteiger partial charge in [-0.25, -0.2) is 9.37 Å². The van der Waals surface area contributed by atoms with E-state index in [4.69, 9.17) is 0 Å². The Morgan fingerprint density at radius 3 is 2.61 bits per heavy atom. The molecule has 0 saturated carbocycles. The van der Waals surface area contributed by atoms with Crippen molar-refractivity contribution in [3.63, 3.8) is 0 Å². The van der Waals surface area contributed by atoms with Gasteiger partial charge in [0.05, 0.1) is 17.8 Å². The largest absolute Gasteiger partial charge is 0.573 e. The van der Waals surface area contributed by atoms with Crippen LogP contribution in [0.4, 0.5) is 29.1 Å². The smallest absolute Gasteiger partial charge is 0.406 e. The molecule has 1 fully saturated rings. The number of hydrogen-bond acceptors (Lipinski definition) is 5. The van der Waals surface area contributed by atoms with Crippen LogP contribution in [-0.2, 0) is 0 Å². The average Bonchev–Trinajstić information content (AvgIpc) is 3.40. The maximum absolute atomic E-state index is 13.7. The van der Waals surface area contributed by atoms with Gasteiger partial charge < -0.3 is 15.0 Å². The lowest BCUT2D eigenvalue weighted by Gasteiger charge is -2.20. The summed E-state index contributed by atoms with van der Waals surface area (Å²) in [4.78, 5) is 18.9. The van der Waals surface area contributed by atoms with Gasteiger partial charge in [0.1, 0.15) is 17.7 Å². The number of benzene rings is 1. The second kappa shape index (κ2) is 8.25. The minimum atomic E-state index is -4.79. The van der Waals surface area contributed by atoms with Crippen LogP contribution in [0.15, 0.2) is 48.8 Å². The third kappa shape index (κ3) is 4.93. The molecule has 31 heavy (non-hydrogen) atoms. The number of nitrogens with zero attached hydrogens (tertiary/aromatic N) is 3. The number of alkyl halides is 4. The Hall–Kier alpha value is -3.63. The molecule has 0 spiro atoms. The van der Waals surface area contributed by atoms with Crippen LogP contribution in [0.1, 0.15) is 16.8 Å². The first-order chi connectivity index (χ1) is 14.8. The molecule has 2 aromatic heterocycles. The molecule has 1 amide bonds. The van der Waals surface area contributed by atoms with Gasteiger partial charge in [0, 0.05) is 30.2 Å². The summed E-state index contributed by atoms with van der Waals surface area (Å²) in [7, 11) is 0. The normalized spacial score (nSPS) is 16.4. The number of aromatic amines is 1. The number of carbonyl (C=O) groups is 1. The van der Waals surface area contributed by atoms with Gasteiger partial charge in [-0.15, -0.1) is 13.2 Å². The molecule has 1 aliphatic heterocycles. The van der Waals surface area contributed by atoms with Gasteiger partial charge in [-0.1, -0.05) is 0 Å². The van der Waals surface area contributed by atoms with Gasteiger partial charge in [0.2, 0.25) is 0 Å². The SMILES string of the molecule is O=C(Nc1ccc(OC(F)(F)F)cc1)c1cnc(N2CCC(F)C2)c(-c2ccn[nH]2)c1. The van der Waals surface area contributed by atoms with E-state index in [0.717, 1.165) is 12.1 Å². The Morgan fingerprint density at radius 1 is 1.23 bits per heavy atom. The van der Waals surface area contributed by atoms with Crippen LogP contribution in [-0.4, -0.2) is 46.7 Å². The van der Waals surface area contributed by atoms with E-state index in [1.807, 2.05) is 4.90 Å². The first kappa shape index (κ1) is 20.6. The molecule has 1 aliphatic rings. The summed E-state index contributed by atoms with van der Waals surface area (Å²) < 4.78 is 54.3. The number of pyridine rings is 1. The molecule has 3 heterocycles. The summed E-state index contributed by atoms with van der Waals surface area (Å²) >= 11 is 0. The van der Waals surface area contributed by atoms with Crippen molar-refractivity contribution < 1.29 is 27.1 Å². The molecule has 162 valence electrons. The Labute approximate surface area is 174 Å². The van der Waals surface area contributed by atoms with Crippen molar-refractivity contribution in [2.24, 2.45) is 0 Å².